The second-order valence-corrected chi connectivity index (χ2v) is 10.3. The molecule has 3 aromatic carbocycles. The number of hydrogen-bond donors (Lipinski definition) is 2. The molecular weight excluding hydrogens is 597 g/mol. The molecule has 1 aliphatic carbocycles. The first kappa shape index (κ1) is 27.8. The molecule has 0 radical (unpaired) electrons. The maximum Gasteiger partial charge on any atom is 0.416 e. The first-order valence-electron chi connectivity index (χ1n) is 12.3. The van der Waals surface area contributed by atoms with Crippen molar-refractivity contribution in [3.63, 3.8) is 0 Å². The van der Waals surface area contributed by atoms with Crippen LogP contribution in [-0.4, -0.2) is 20.9 Å². The minimum absolute atomic E-state index is 0.0312. The predicted molar refractivity (Wildman–Crippen MR) is 136 cm³/mol. The lowest BCUT2D eigenvalue weighted by molar-refractivity contribution is -0.137. The highest BCUT2D eigenvalue weighted by Gasteiger charge is 2.41. The Kier molecular flexibility index (Phi) is 6.37. The summed E-state index contributed by atoms with van der Waals surface area (Å²) in [5.41, 5.74) is -4.83. The first-order valence-corrected chi connectivity index (χ1v) is 12.7. The largest absolute Gasteiger partial charge is 0.416 e. The number of benzene rings is 3. The summed E-state index contributed by atoms with van der Waals surface area (Å²) in [6, 6.07) is 3.67. The van der Waals surface area contributed by atoms with Gasteiger partial charge >= 0.3 is 18.4 Å². The highest BCUT2D eigenvalue weighted by molar-refractivity contribution is 6.31. The maximum absolute atomic E-state index is 14.2. The molecule has 7 nitrogen and oxygen atoms in total. The van der Waals surface area contributed by atoms with Gasteiger partial charge in [-0.2, -0.15) is 22.0 Å². The number of nitrogens with zero attached hydrogens (tertiary/aromatic N) is 2. The standard InChI is InChI=1S/C27H16ClF7N4O3/c28-16-4-1-12(29)8-15(16)21-19-17(36-23(40)10-5-11(27(33,34)35)7-13(30)6-10)9-18-22(20(19)24(41)37-21)39(25(31)32)26(42)38(18)14-2-3-14/h1,4-9,14,21,25H,2-3H2,(H,36,40)(H,37,41). The Bertz CT molecular complexity index is 1880. The van der Waals surface area contributed by atoms with Gasteiger partial charge in [0.15, 0.2) is 0 Å². The molecule has 42 heavy (non-hydrogen) atoms. The van der Waals surface area contributed by atoms with Crippen molar-refractivity contribution >= 4 is 40.1 Å². The number of hydrogen-bond acceptors (Lipinski definition) is 3. The lowest BCUT2D eigenvalue weighted by Crippen LogP contribution is -2.25. The van der Waals surface area contributed by atoms with Crippen LogP contribution >= 0.6 is 11.6 Å². The van der Waals surface area contributed by atoms with Crippen LogP contribution in [0.15, 0.2) is 47.3 Å². The summed E-state index contributed by atoms with van der Waals surface area (Å²) in [6.07, 6.45) is -4.04. The number of aromatic nitrogens is 2. The van der Waals surface area contributed by atoms with Crippen molar-refractivity contribution in [2.45, 2.75) is 37.7 Å². The average molecular weight is 613 g/mol. The average Bonchev–Trinajstić information content (AvgIpc) is 3.61. The Balaban J connectivity index is 1.61. The highest BCUT2D eigenvalue weighted by Crippen LogP contribution is 2.45. The van der Waals surface area contributed by atoms with Gasteiger partial charge in [-0.1, -0.05) is 11.6 Å². The normalized spacial score (nSPS) is 16.7. The fraction of sp³-hybridized carbons (Fsp3) is 0.222. The zero-order chi connectivity index (χ0) is 30.2. The molecule has 2 N–H and O–H groups in total. The number of rotatable bonds is 5. The molecule has 1 aromatic heterocycles. The van der Waals surface area contributed by atoms with E-state index < -0.39 is 76.2 Å². The van der Waals surface area contributed by atoms with Crippen LogP contribution in [0.4, 0.5) is 36.4 Å². The second-order valence-electron chi connectivity index (χ2n) is 9.86. The van der Waals surface area contributed by atoms with Crippen molar-refractivity contribution in [1.82, 2.24) is 14.5 Å². The molecule has 0 spiro atoms. The topological polar surface area (TPSA) is 85.1 Å². The van der Waals surface area contributed by atoms with Crippen molar-refractivity contribution < 1.29 is 40.3 Å². The van der Waals surface area contributed by atoms with Crippen molar-refractivity contribution in [1.29, 1.82) is 0 Å². The Labute approximate surface area is 235 Å². The smallest absolute Gasteiger partial charge is 0.341 e. The maximum atomic E-state index is 14.2. The number of imidazole rings is 1. The van der Waals surface area contributed by atoms with E-state index in [2.05, 4.69) is 10.6 Å². The van der Waals surface area contributed by atoms with Crippen molar-refractivity contribution in [2.24, 2.45) is 0 Å². The van der Waals surface area contributed by atoms with Gasteiger partial charge in [-0.3, -0.25) is 14.2 Å². The van der Waals surface area contributed by atoms with E-state index in [1.807, 2.05) is 0 Å². The number of alkyl halides is 5. The molecule has 218 valence electrons. The van der Waals surface area contributed by atoms with Gasteiger partial charge in [-0.25, -0.2) is 18.1 Å². The molecule has 1 aliphatic heterocycles. The first-order chi connectivity index (χ1) is 19.8. The molecule has 4 aromatic rings. The van der Waals surface area contributed by atoms with Crippen LogP contribution in [0.5, 0.6) is 0 Å². The van der Waals surface area contributed by atoms with E-state index in [0.717, 1.165) is 22.8 Å². The Hall–Kier alpha value is -4.33. The highest BCUT2D eigenvalue weighted by atomic mass is 35.5. The Morgan fingerprint density at radius 1 is 1.02 bits per heavy atom. The minimum Gasteiger partial charge on any atom is -0.341 e. The summed E-state index contributed by atoms with van der Waals surface area (Å²) in [7, 11) is 0. The van der Waals surface area contributed by atoms with E-state index in [1.54, 1.807) is 0 Å². The SMILES string of the molecule is O=C(Nc1cc2c(c3c1C(c1cc(F)ccc1Cl)NC3=O)n(C(F)F)c(=O)n2C1CC1)c1cc(F)cc(C(F)(F)F)c1. The number of carbonyl (C=O) groups is 2. The van der Waals surface area contributed by atoms with Crippen LogP contribution < -0.4 is 16.3 Å². The van der Waals surface area contributed by atoms with E-state index in [4.69, 9.17) is 11.6 Å². The summed E-state index contributed by atoms with van der Waals surface area (Å²) in [5.74, 6) is -4.32. The molecule has 1 unspecified atom stereocenters. The van der Waals surface area contributed by atoms with Crippen LogP contribution in [0.3, 0.4) is 0 Å². The monoisotopic (exact) mass is 612 g/mol. The summed E-state index contributed by atoms with van der Waals surface area (Å²) in [6.45, 7) is -3.37. The van der Waals surface area contributed by atoms with E-state index >= 15 is 0 Å². The quantitative estimate of drug-likeness (QED) is 0.250. The van der Waals surface area contributed by atoms with Gasteiger partial charge in [0.1, 0.15) is 11.6 Å². The number of halogens is 8. The molecule has 15 heteroatoms. The summed E-state index contributed by atoms with van der Waals surface area (Å²) in [5, 5.41) is 4.80. The molecule has 0 bridgehead atoms. The van der Waals surface area contributed by atoms with E-state index in [0.29, 0.717) is 25.0 Å². The van der Waals surface area contributed by atoms with Gasteiger partial charge < -0.3 is 10.6 Å². The lowest BCUT2D eigenvalue weighted by Gasteiger charge is -2.19. The third-order valence-electron chi connectivity index (χ3n) is 7.14. The van der Waals surface area contributed by atoms with E-state index in [1.165, 1.54) is 6.07 Å². The van der Waals surface area contributed by atoms with Crippen LogP contribution in [0, 0.1) is 11.6 Å². The second kappa shape index (κ2) is 9.61. The van der Waals surface area contributed by atoms with Crippen LogP contribution in [0.1, 0.15) is 68.9 Å². The number of carbonyl (C=O) groups excluding carboxylic acids is 2. The fourth-order valence-corrected chi connectivity index (χ4v) is 5.47. The van der Waals surface area contributed by atoms with Crippen molar-refractivity contribution in [3.05, 3.63) is 97.4 Å². The lowest BCUT2D eigenvalue weighted by atomic mass is 9.95. The molecule has 0 saturated heterocycles. The van der Waals surface area contributed by atoms with Crippen LogP contribution in [0.2, 0.25) is 5.02 Å². The minimum atomic E-state index is -4.98. The predicted octanol–water partition coefficient (Wildman–Crippen LogP) is 6.57. The van der Waals surface area contributed by atoms with Gasteiger partial charge in [-0.15, -0.1) is 0 Å². The van der Waals surface area contributed by atoms with Crippen LogP contribution in [-0.2, 0) is 6.18 Å². The molecule has 6 rings (SSSR count). The molecule has 1 atom stereocenters. The van der Waals surface area contributed by atoms with Crippen LogP contribution in [0.25, 0.3) is 11.0 Å². The van der Waals surface area contributed by atoms with Gasteiger partial charge in [0.2, 0.25) is 0 Å². The third kappa shape index (κ3) is 4.49. The fourth-order valence-electron chi connectivity index (χ4n) is 5.24. The Morgan fingerprint density at radius 2 is 1.74 bits per heavy atom. The molecule has 2 amide bonds. The molecule has 1 fully saturated rings. The summed E-state index contributed by atoms with van der Waals surface area (Å²) >= 11 is 6.27. The van der Waals surface area contributed by atoms with Crippen molar-refractivity contribution in [2.75, 3.05) is 5.32 Å². The van der Waals surface area contributed by atoms with Gasteiger partial charge in [0, 0.05) is 33.4 Å². The molecule has 2 heterocycles. The van der Waals surface area contributed by atoms with Gasteiger partial charge in [-0.05, 0) is 55.3 Å². The summed E-state index contributed by atoms with van der Waals surface area (Å²) < 4.78 is 97.9. The van der Waals surface area contributed by atoms with Crippen molar-refractivity contribution in [3.8, 4) is 0 Å². The third-order valence-corrected chi connectivity index (χ3v) is 7.48. The molecule has 1 saturated carbocycles. The zero-order valence-electron chi connectivity index (χ0n) is 20.8. The zero-order valence-corrected chi connectivity index (χ0v) is 21.6. The van der Waals surface area contributed by atoms with Gasteiger partial charge in [0.25, 0.3) is 11.8 Å². The number of amides is 2. The van der Waals surface area contributed by atoms with E-state index in [-0.39, 0.29) is 38.0 Å². The number of anilines is 1. The van der Waals surface area contributed by atoms with Gasteiger partial charge in [0.05, 0.1) is 28.2 Å². The summed E-state index contributed by atoms with van der Waals surface area (Å²) in [4.78, 5) is 39.7. The molecule has 2 aliphatic rings. The number of nitrogens with one attached hydrogen (secondary N) is 2. The number of fused-ring (bicyclic) bond motifs is 3. The Morgan fingerprint density at radius 3 is 2.38 bits per heavy atom. The van der Waals surface area contributed by atoms with E-state index in [9.17, 15) is 45.1 Å². The molecular formula is C27H16ClF7N4O3.